The van der Waals surface area contributed by atoms with Gasteiger partial charge in [-0.15, -0.1) is 0 Å². The number of halogens is 3. The average Bonchev–Trinajstić information content (AvgIpc) is 3.35. The standard InChI is InChI=1S/C21H17ClF2N6S/c22-19-9-17(24)6-3-15(19)12-29-8-7-20(28-29)27-21(31)26-18-10-25-30(13-18)11-14-1-4-16(23)5-2-14/h1-10,13H,11-12H2,(H2,26,27,28,31). The van der Waals surface area contributed by atoms with Crippen LogP contribution in [0.4, 0.5) is 20.3 Å². The lowest BCUT2D eigenvalue weighted by Gasteiger charge is -2.07. The van der Waals surface area contributed by atoms with Crippen molar-refractivity contribution in [2.75, 3.05) is 10.6 Å². The predicted octanol–water partition coefficient (Wildman–Crippen LogP) is 4.92. The topological polar surface area (TPSA) is 59.7 Å². The third-order valence-electron chi connectivity index (χ3n) is 4.38. The molecule has 0 saturated carbocycles. The molecule has 0 amide bonds. The van der Waals surface area contributed by atoms with Crippen molar-refractivity contribution in [3.8, 4) is 0 Å². The van der Waals surface area contributed by atoms with Crippen molar-refractivity contribution in [1.82, 2.24) is 19.6 Å². The maximum atomic E-state index is 13.2. The second kappa shape index (κ2) is 9.23. The van der Waals surface area contributed by atoms with Gasteiger partial charge in [0.2, 0.25) is 0 Å². The van der Waals surface area contributed by atoms with Gasteiger partial charge in [0.15, 0.2) is 10.9 Å². The van der Waals surface area contributed by atoms with Crippen molar-refractivity contribution < 1.29 is 8.78 Å². The fraction of sp³-hybridized carbons (Fsp3) is 0.0952. The van der Waals surface area contributed by atoms with Crippen LogP contribution < -0.4 is 10.6 Å². The smallest absolute Gasteiger partial charge is 0.176 e. The molecule has 2 N–H and O–H groups in total. The number of nitrogens with one attached hydrogen (secondary N) is 2. The first-order valence-corrected chi connectivity index (χ1v) is 10.1. The molecule has 0 aliphatic rings. The van der Waals surface area contributed by atoms with Crippen molar-refractivity contribution in [2.45, 2.75) is 13.1 Å². The summed E-state index contributed by atoms with van der Waals surface area (Å²) in [5.74, 6) is -0.102. The number of rotatable bonds is 6. The van der Waals surface area contributed by atoms with Crippen LogP contribution in [0, 0.1) is 11.6 Å². The van der Waals surface area contributed by atoms with Gasteiger partial charge in [-0.05, 0) is 47.6 Å². The largest absolute Gasteiger partial charge is 0.330 e. The monoisotopic (exact) mass is 458 g/mol. The van der Waals surface area contributed by atoms with E-state index in [1.54, 1.807) is 52.2 Å². The van der Waals surface area contributed by atoms with Crippen LogP contribution in [0.25, 0.3) is 0 Å². The van der Waals surface area contributed by atoms with Gasteiger partial charge < -0.3 is 10.6 Å². The molecule has 0 unspecified atom stereocenters. The Balaban J connectivity index is 1.32. The molecule has 10 heteroatoms. The molecule has 4 rings (SSSR count). The molecule has 6 nitrogen and oxygen atoms in total. The van der Waals surface area contributed by atoms with Gasteiger partial charge in [-0.2, -0.15) is 10.2 Å². The SMILES string of the molecule is Fc1ccc(Cn2cc(NC(=S)Nc3ccn(Cc4ccc(F)cc4Cl)n3)cn2)cc1. The molecular weight excluding hydrogens is 442 g/mol. The molecule has 2 aromatic carbocycles. The van der Waals surface area contributed by atoms with Gasteiger partial charge in [0.1, 0.15) is 11.6 Å². The Morgan fingerprint density at radius 2 is 1.74 bits per heavy atom. The lowest BCUT2D eigenvalue weighted by atomic mass is 10.2. The number of aromatic nitrogens is 4. The van der Waals surface area contributed by atoms with E-state index >= 15 is 0 Å². The van der Waals surface area contributed by atoms with E-state index in [9.17, 15) is 8.78 Å². The van der Waals surface area contributed by atoms with Gasteiger partial charge in [0.05, 0.1) is 25.0 Å². The minimum absolute atomic E-state index is 0.272. The summed E-state index contributed by atoms with van der Waals surface area (Å²) in [7, 11) is 0. The van der Waals surface area contributed by atoms with Crippen LogP contribution in [0.15, 0.2) is 67.1 Å². The quantitative estimate of drug-likeness (QED) is 0.402. The van der Waals surface area contributed by atoms with Crippen LogP contribution >= 0.6 is 23.8 Å². The zero-order valence-corrected chi connectivity index (χ0v) is 17.7. The van der Waals surface area contributed by atoms with Crippen LogP contribution in [-0.4, -0.2) is 24.7 Å². The molecule has 158 valence electrons. The minimum atomic E-state index is -0.381. The van der Waals surface area contributed by atoms with E-state index < -0.39 is 0 Å². The van der Waals surface area contributed by atoms with E-state index in [1.807, 2.05) is 0 Å². The molecule has 0 aliphatic heterocycles. The molecule has 0 spiro atoms. The first-order valence-electron chi connectivity index (χ1n) is 9.27. The maximum Gasteiger partial charge on any atom is 0.176 e. The van der Waals surface area contributed by atoms with Crippen LogP contribution in [0.5, 0.6) is 0 Å². The molecule has 2 heterocycles. The highest BCUT2D eigenvalue weighted by Gasteiger charge is 2.07. The Morgan fingerprint density at radius 3 is 2.52 bits per heavy atom. The fourth-order valence-corrected chi connectivity index (χ4v) is 3.36. The van der Waals surface area contributed by atoms with E-state index in [4.69, 9.17) is 23.8 Å². The molecule has 0 fully saturated rings. The van der Waals surface area contributed by atoms with Crippen molar-refractivity contribution in [2.24, 2.45) is 0 Å². The first-order chi connectivity index (χ1) is 14.9. The Bertz CT molecular complexity index is 1200. The Hall–Kier alpha value is -3.30. The van der Waals surface area contributed by atoms with Gasteiger partial charge >= 0.3 is 0 Å². The maximum absolute atomic E-state index is 13.2. The van der Waals surface area contributed by atoms with E-state index in [1.165, 1.54) is 24.3 Å². The van der Waals surface area contributed by atoms with Crippen LogP contribution in [0.1, 0.15) is 11.1 Å². The third-order valence-corrected chi connectivity index (χ3v) is 4.93. The molecule has 0 saturated heterocycles. The lowest BCUT2D eigenvalue weighted by molar-refractivity contribution is 0.624. The summed E-state index contributed by atoms with van der Waals surface area (Å²) in [6.07, 6.45) is 5.21. The van der Waals surface area contributed by atoms with Crippen molar-refractivity contribution >= 4 is 40.4 Å². The van der Waals surface area contributed by atoms with Gasteiger partial charge in [-0.3, -0.25) is 9.36 Å². The molecule has 31 heavy (non-hydrogen) atoms. The van der Waals surface area contributed by atoms with Crippen molar-refractivity contribution in [1.29, 1.82) is 0 Å². The van der Waals surface area contributed by atoms with E-state index in [-0.39, 0.29) is 11.6 Å². The van der Waals surface area contributed by atoms with Crippen molar-refractivity contribution in [3.63, 3.8) is 0 Å². The van der Waals surface area contributed by atoms with Gasteiger partial charge in [-0.25, -0.2) is 8.78 Å². The summed E-state index contributed by atoms with van der Waals surface area (Å²) in [6.45, 7) is 0.912. The summed E-state index contributed by atoms with van der Waals surface area (Å²) >= 11 is 11.4. The van der Waals surface area contributed by atoms with E-state index in [0.29, 0.717) is 34.7 Å². The molecule has 4 aromatic rings. The fourth-order valence-electron chi connectivity index (χ4n) is 2.91. The highest BCUT2D eigenvalue weighted by molar-refractivity contribution is 7.80. The second-order valence-corrected chi connectivity index (χ2v) is 7.58. The molecule has 2 aromatic heterocycles. The highest BCUT2D eigenvalue weighted by Crippen LogP contribution is 2.18. The lowest BCUT2D eigenvalue weighted by Crippen LogP contribution is -2.19. The van der Waals surface area contributed by atoms with Gasteiger partial charge in [-0.1, -0.05) is 29.8 Å². The summed E-state index contributed by atoms with van der Waals surface area (Å²) in [5.41, 5.74) is 2.40. The van der Waals surface area contributed by atoms with Crippen LogP contribution in [-0.2, 0) is 13.1 Å². The predicted molar refractivity (Wildman–Crippen MR) is 120 cm³/mol. The number of hydrogen-bond acceptors (Lipinski definition) is 3. The summed E-state index contributed by atoms with van der Waals surface area (Å²) < 4.78 is 29.6. The van der Waals surface area contributed by atoms with E-state index in [0.717, 1.165) is 11.1 Å². The number of anilines is 2. The Labute approximate surface area is 187 Å². The average molecular weight is 459 g/mol. The zero-order valence-electron chi connectivity index (χ0n) is 16.1. The third kappa shape index (κ3) is 5.65. The van der Waals surface area contributed by atoms with Crippen molar-refractivity contribution in [3.05, 3.63) is 94.9 Å². The Kier molecular flexibility index (Phi) is 6.24. The van der Waals surface area contributed by atoms with E-state index in [2.05, 4.69) is 20.8 Å². The molecule has 0 bridgehead atoms. The Morgan fingerprint density at radius 1 is 0.968 bits per heavy atom. The molecule has 0 atom stereocenters. The number of hydrogen-bond donors (Lipinski definition) is 2. The summed E-state index contributed by atoms with van der Waals surface area (Å²) in [5, 5.41) is 15.4. The summed E-state index contributed by atoms with van der Waals surface area (Å²) in [6, 6.07) is 12.3. The zero-order chi connectivity index (χ0) is 21.8. The minimum Gasteiger partial charge on any atom is -0.330 e. The first kappa shape index (κ1) is 21.0. The van der Waals surface area contributed by atoms with Crippen LogP contribution in [0.2, 0.25) is 5.02 Å². The molecular formula is C21H17ClF2N6S. The van der Waals surface area contributed by atoms with Gasteiger partial charge in [0, 0.05) is 23.5 Å². The van der Waals surface area contributed by atoms with Crippen LogP contribution in [0.3, 0.4) is 0 Å². The summed E-state index contributed by atoms with van der Waals surface area (Å²) in [4.78, 5) is 0. The second-order valence-electron chi connectivity index (χ2n) is 6.77. The molecule has 0 aliphatic carbocycles. The highest BCUT2D eigenvalue weighted by atomic mass is 35.5. The number of benzene rings is 2. The molecule has 0 radical (unpaired) electrons. The number of nitrogens with zero attached hydrogens (tertiary/aromatic N) is 4. The van der Waals surface area contributed by atoms with Gasteiger partial charge in [0.25, 0.3) is 0 Å². The normalized spacial score (nSPS) is 10.8. The number of thiocarbonyl (C=S) groups is 1.